The molecule has 5 nitrogen and oxygen atoms in total. The summed E-state index contributed by atoms with van der Waals surface area (Å²) >= 11 is 1.61. The number of aromatic nitrogens is 2. The van der Waals surface area contributed by atoms with Crippen LogP contribution in [0.5, 0.6) is 5.75 Å². The first-order chi connectivity index (χ1) is 11.7. The molecule has 24 heavy (non-hydrogen) atoms. The van der Waals surface area contributed by atoms with Gasteiger partial charge >= 0.3 is 0 Å². The molecule has 3 aromatic rings. The van der Waals surface area contributed by atoms with Crippen LogP contribution in [0.3, 0.4) is 0 Å². The molecule has 0 aliphatic rings. The fraction of sp³-hybridized carbons (Fsp3) is 0.333. The van der Waals surface area contributed by atoms with Gasteiger partial charge in [-0.2, -0.15) is 4.98 Å². The van der Waals surface area contributed by atoms with E-state index in [4.69, 9.17) is 9.26 Å². The first-order valence-electron chi connectivity index (χ1n) is 7.96. The second kappa shape index (κ2) is 8.08. The van der Waals surface area contributed by atoms with Crippen molar-refractivity contribution in [3.8, 4) is 16.5 Å². The highest BCUT2D eigenvalue weighted by atomic mass is 32.1. The minimum Gasteiger partial charge on any atom is -0.493 e. The Balaban J connectivity index is 1.41. The molecule has 3 rings (SSSR count). The summed E-state index contributed by atoms with van der Waals surface area (Å²) in [4.78, 5) is 7.63. The summed E-state index contributed by atoms with van der Waals surface area (Å²) in [7, 11) is 2.04. The summed E-state index contributed by atoms with van der Waals surface area (Å²) in [5.74, 6) is 2.26. The molecular weight excluding hydrogens is 322 g/mol. The Labute approximate surface area is 145 Å². The minimum absolute atomic E-state index is 0.640. The standard InChI is InChI=1S/C18H21N3O2S/c1-14-7-3-4-8-15(14)22-11-6-10-21(2)13-17-19-18(20-23-17)16-9-5-12-24-16/h3-5,7-9,12H,6,10-11,13H2,1-2H3. The van der Waals surface area contributed by atoms with Crippen LogP contribution in [0.25, 0.3) is 10.7 Å². The smallest absolute Gasteiger partial charge is 0.241 e. The maximum absolute atomic E-state index is 5.81. The predicted molar refractivity (Wildman–Crippen MR) is 95.2 cm³/mol. The van der Waals surface area contributed by atoms with E-state index in [9.17, 15) is 0 Å². The molecule has 0 fully saturated rings. The van der Waals surface area contributed by atoms with Crippen LogP contribution >= 0.6 is 11.3 Å². The molecule has 1 aromatic carbocycles. The third-order valence-electron chi connectivity index (χ3n) is 3.65. The highest BCUT2D eigenvalue weighted by Gasteiger charge is 2.11. The summed E-state index contributed by atoms with van der Waals surface area (Å²) in [6.07, 6.45) is 0.941. The van der Waals surface area contributed by atoms with Crippen LogP contribution in [0.2, 0.25) is 0 Å². The van der Waals surface area contributed by atoms with Crippen LogP contribution < -0.4 is 4.74 Å². The van der Waals surface area contributed by atoms with Crippen molar-refractivity contribution in [2.75, 3.05) is 20.2 Å². The maximum atomic E-state index is 5.81. The van der Waals surface area contributed by atoms with Gasteiger partial charge in [-0.15, -0.1) is 11.3 Å². The molecule has 0 unspecified atom stereocenters. The minimum atomic E-state index is 0.640. The lowest BCUT2D eigenvalue weighted by molar-refractivity contribution is 0.235. The monoisotopic (exact) mass is 343 g/mol. The molecule has 0 amide bonds. The van der Waals surface area contributed by atoms with Gasteiger partial charge in [0, 0.05) is 6.54 Å². The summed E-state index contributed by atoms with van der Waals surface area (Å²) in [6.45, 7) is 4.30. The highest BCUT2D eigenvalue weighted by Crippen LogP contribution is 2.21. The van der Waals surface area contributed by atoms with Crippen LogP contribution in [0.1, 0.15) is 17.9 Å². The van der Waals surface area contributed by atoms with Gasteiger partial charge in [-0.1, -0.05) is 29.4 Å². The largest absolute Gasteiger partial charge is 0.493 e. The van der Waals surface area contributed by atoms with E-state index in [0.717, 1.165) is 29.2 Å². The SMILES string of the molecule is Cc1ccccc1OCCCN(C)Cc1nc(-c2cccs2)no1. The number of thiophene rings is 1. The van der Waals surface area contributed by atoms with Gasteiger partial charge in [0.2, 0.25) is 11.7 Å². The number of hydrogen-bond acceptors (Lipinski definition) is 6. The molecule has 0 bridgehead atoms. The lowest BCUT2D eigenvalue weighted by atomic mass is 10.2. The molecule has 0 spiro atoms. The van der Waals surface area contributed by atoms with Gasteiger partial charge in [-0.3, -0.25) is 4.90 Å². The van der Waals surface area contributed by atoms with Gasteiger partial charge in [0.1, 0.15) is 5.75 Å². The van der Waals surface area contributed by atoms with Crippen molar-refractivity contribution in [1.82, 2.24) is 15.0 Å². The molecule has 0 radical (unpaired) electrons. The quantitative estimate of drug-likeness (QED) is 0.579. The highest BCUT2D eigenvalue weighted by molar-refractivity contribution is 7.13. The molecule has 0 aliphatic heterocycles. The second-order valence-electron chi connectivity index (χ2n) is 5.69. The molecule has 2 aromatic heterocycles. The molecule has 0 saturated heterocycles. The number of benzene rings is 1. The third kappa shape index (κ3) is 4.43. The van der Waals surface area contributed by atoms with E-state index in [0.29, 0.717) is 24.9 Å². The molecule has 0 saturated carbocycles. The molecular formula is C18H21N3O2S. The molecule has 0 atom stereocenters. The zero-order valence-corrected chi connectivity index (χ0v) is 14.8. The van der Waals surface area contributed by atoms with Crippen LogP contribution in [0, 0.1) is 6.92 Å². The van der Waals surface area contributed by atoms with E-state index in [1.807, 2.05) is 42.8 Å². The summed E-state index contributed by atoms with van der Waals surface area (Å²) < 4.78 is 11.1. The zero-order chi connectivity index (χ0) is 16.8. The van der Waals surface area contributed by atoms with Crippen LogP contribution in [-0.4, -0.2) is 35.2 Å². The van der Waals surface area contributed by atoms with E-state index < -0.39 is 0 Å². The maximum Gasteiger partial charge on any atom is 0.241 e. The number of rotatable bonds is 8. The molecule has 6 heteroatoms. The van der Waals surface area contributed by atoms with E-state index in [1.54, 1.807) is 11.3 Å². The third-order valence-corrected chi connectivity index (χ3v) is 4.52. The van der Waals surface area contributed by atoms with Crippen molar-refractivity contribution < 1.29 is 9.26 Å². The first-order valence-corrected chi connectivity index (χ1v) is 8.84. The Hall–Kier alpha value is -2.18. The van der Waals surface area contributed by atoms with Crippen LogP contribution in [0.4, 0.5) is 0 Å². The van der Waals surface area contributed by atoms with Crippen LogP contribution in [0.15, 0.2) is 46.3 Å². The van der Waals surface area contributed by atoms with Gasteiger partial charge in [0.25, 0.3) is 0 Å². The molecule has 0 aliphatic carbocycles. The number of hydrogen-bond donors (Lipinski definition) is 0. The number of para-hydroxylation sites is 1. The molecule has 126 valence electrons. The van der Waals surface area contributed by atoms with Gasteiger partial charge in [-0.05, 0) is 43.5 Å². The Kier molecular flexibility index (Phi) is 5.61. The van der Waals surface area contributed by atoms with Crippen molar-refractivity contribution in [3.05, 3.63) is 53.2 Å². The fourth-order valence-electron chi connectivity index (χ4n) is 2.37. The number of nitrogens with zero attached hydrogens (tertiary/aromatic N) is 3. The van der Waals surface area contributed by atoms with Gasteiger partial charge in [-0.25, -0.2) is 0 Å². The zero-order valence-electron chi connectivity index (χ0n) is 13.9. The molecule has 2 heterocycles. The Bertz CT molecular complexity index is 755. The Morgan fingerprint density at radius 1 is 1.21 bits per heavy atom. The van der Waals surface area contributed by atoms with E-state index >= 15 is 0 Å². The Morgan fingerprint density at radius 3 is 2.88 bits per heavy atom. The van der Waals surface area contributed by atoms with E-state index in [1.165, 1.54) is 0 Å². The van der Waals surface area contributed by atoms with Crippen molar-refractivity contribution >= 4 is 11.3 Å². The van der Waals surface area contributed by atoms with Crippen molar-refractivity contribution in [2.45, 2.75) is 19.9 Å². The van der Waals surface area contributed by atoms with Crippen molar-refractivity contribution in [1.29, 1.82) is 0 Å². The summed E-state index contributed by atoms with van der Waals surface area (Å²) in [6, 6.07) is 12.0. The average molecular weight is 343 g/mol. The first kappa shape index (κ1) is 16.7. The summed E-state index contributed by atoms with van der Waals surface area (Å²) in [5, 5.41) is 6.04. The normalized spacial score (nSPS) is 11.1. The Morgan fingerprint density at radius 2 is 2.08 bits per heavy atom. The number of ether oxygens (including phenoxy) is 1. The fourth-order valence-corrected chi connectivity index (χ4v) is 3.02. The van der Waals surface area contributed by atoms with Crippen molar-refractivity contribution in [2.24, 2.45) is 0 Å². The van der Waals surface area contributed by atoms with E-state index in [-0.39, 0.29) is 0 Å². The lowest BCUT2D eigenvalue weighted by Gasteiger charge is -2.14. The van der Waals surface area contributed by atoms with Gasteiger partial charge in [0.15, 0.2) is 0 Å². The lowest BCUT2D eigenvalue weighted by Crippen LogP contribution is -2.21. The predicted octanol–water partition coefficient (Wildman–Crippen LogP) is 4.01. The topological polar surface area (TPSA) is 51.4 Å². The van der Waals surface area contributed by atoms with E-state index in [2.05, 4.69) is 28.0 Å². The van der Waals surface area contributed by atoms with Gasteiger partial charge < -0.3 is 9.26 Å². The second-order valence-corrected chi connectivity index (χ2v) is 6.64. The summed E-state index contributed by atoms with van der Waals surface area (Å²) in [5.41, 5.74) is 1.16. The number of aryl methyl sites for hydroxylation is 1. The van der Waals surface area contributed by atoms with Crippen molar-refractivity contribution in [3.63, 3.8) is 0 Å². The van der Waals surface area contributed by atoms with Gasteiger partial charge in [0.05, 0.1) is 18.0 Å². The van der Waals surface area contributed by atoms with Crippen LogP contribution in [-0.2, 0) is 6.54 Å². The molecule has 0 N–H and O–H groups in total. The average Bonchev–Trinajstić information content (AvgIpc) is 3.24.